The summed E-state index contributed by atoms with van der Waals surface area (Å²) in [6, 6.07) is 0. The zero-order valence-electron chi connectivity index (χ0n) is 9.04. The molecule has 0 aromatic heterocycles. The zero-order chi connectivity index (χ0) is 10.8. The second-order valence-corrected chi connectivity index (χ2v) is 6.18. The predicted octanol–water partition coefficient (Wildman–Crippen LogP) is 0.883. The van der Waals surface area contributed by atoms with Crippen LogP contribution in [0.3, 0.4) is 0 Å². The number of rotatable bonds is 3. The molecule has 1 saturated heterocycles. The minimum Gasteiger partial charge on any atom is -0.375 e. The van der Waals surface area contributed by atoms with Crippen molar-refractivity contribution in [3.8, 4) is 0 Å². The molecule has 1 aliphatic heterocycles. The third-order valence-electron chi connectivity index (χ3n) is 3.02. The van der Waals surface area contributed by atoms with Crippen LogP contribution in [0.5, 0.6) is 0 Å². The molecule has 5 heteroatoms. The van der Waals surface area contributed by atoms with Crippen molar-refractivity contribution in [2.24, 2.45) is 0 Å². The van der Waals surface area contributed by atoms with Gasteiger partial charge in [-0.3, -0.25) is 0 Å². The second kappa shape index (κ2) is 4.16. The predicted molar refractivity (Wildman–Crippen MR) is 55.6 cm³/mol. The van der Waals surface area contributed by atoms with Gasteiger partial charge < -0.3 is 4.74 Å². The fourth-order valence-corrected chi connectivity index (χ4v) is 3.07. The molecule has 0 aromatic rings. The Bertz CT molecular complexity index is 288. The van der Waals surface area contributed by atoms with Crippen LogP contribution in [0.25, 0.3) is 0 Å². The van der Waals surface area contributed by atoms with Gasteiger partial charge in [-0.25, -0.2) is 13.1 Å². The van der Waals surface area contributed by atoms with E-state index in [1.165, 1.54) is 7.05 Å². The lowest BCUT2D eigenvalue weighted by Gasteiger charge is -2.37. The molecule has 0 spiro atoms. The molecular weight excluding hydrogens is 202 g/mol. The first-order valence-corrected chi connectivity index (χ1v) is 6.54. The second-order valence-electron chi connectivity index (χ2n) is 4.02. The summed E-state index contributed by atoms with van der Waals surface area (Å²) in [5, 5.41) is -0.300. The highest BCUT2D eigenvalue weighted by Crippen LogP contribution is 2.30. The van der Waals surface area contributed by atoms with E-state index in [2.05, 4.69) is 4.72 Å². The van der Waals surface area contributed by atoms with Crippen LogP contribution in [0.4, 0.5) is 0 Å². The van der Waals surface area contributed by atoms with Gasteiger partial charge in [-0.05, 0) is 33.2 Å². The Morgan fingerprint density at radius 3 is 2.71 bits per heavy atom. The van der Waals surface area contributed by atoms with E-state index in [4.69, 9.17) is 4.74 Å². The Kier molecular flexibility index (Phi) is 3.55. The van der Waals surface area contributed by atoms with Crippen molar-refractivity contribution in [3.05, 3.63) is 0 Å². The van der Waals surface area contributed by atoms with Gasteiger partial charge in [0.1, 0.15) is 0 Å². The summed E-state index contributed by atoms with van der Waals surface area (Å²) >= 11 is 0. The molecule has 84 valence electrons. The van der Waals surface area contributed by atoms with Crippen molar-refractivity contribution in [3.63, 3.8) is 0 Å². The molecule has 2 atom stereocenters. The van der Waals surface area contributed by atoms with Gasteiger partial charge in [0, 0.05) is 6.61 Å². The van der Waals surface area contributed by atoms with Gasteiger partial charge >= 0.3 is 0 Å². The molecule has 0 aliphatic carbocycles. The lowest BCUT2D eigenvalue weighted by molar-refractivity contribution is -0.0655. The van der Waals surface area contributed by atoms with Crippen LogP contribution in [0.1, 0.15) is 33.1 Å². The highest BCUT2D eigenvalue weighted by Gasteiger charge is 2.37. The van der Waals surface area contributed by atoms with Crippen LogP contribution in [0, 0.1) is 0 Å². The summed E-state index contributed by atoms with van der Waals surface area (Å²) in [5.41, 5.74) is -0.271. The van der Waals surface area contributed by atoms with E-state index < -0.39 is 10.0 Å². The Hall–Kier alpha value is -0.130. The maximum absolute atomic E-state index is 11.6. The fourth-order valence-electron chi connectivity index (χ4n) is 1.76. The van der Waals surface area contributed by atoms with Crippen LogP contribution in [0.15, 0.2) is 0 Å². The maximum Gasteiger partial charge on any atom is 0.214 e. The van der Waals surface area contributed by atoms with E-state index >= 15 is 0 Å². The first-order valence-electron chi connectivity index (χ1n) is 5.00. The molecule has 0 amide bonds. The normalized spacial score (nSPS) is 34.4. The maximum atomic E-state index is 11.6. The number of nitrogens with one attached hydrogen (secondary N) is 1. The minimum atomic E-state index is -3.13. The number of hydrogen-bond acceptors (Lipinski definition) is 3. The third-order valence-corrected chi connectivity index (χ3v) is 4.87. The molecule has 1 heterocycles. The molecule has 0 aromatic carbocycles. The smallest absolute Gasteiger partial charge is 0.214 e. The Morgan fingerprint density at radius 2 is 2.21 bits per heavy atom. The monoisotopic (exact) mass is 221 g/mol. The molecule has 1 rings (SSSR count). The third kappa shape index (κ3) is 2.46. The molecule has 1 N–H and O–H groups in total. The van der Waals surface area contributed by atoms with Gasteiger partial charge in [0.2, 0.25) is 10.0 Å². The summed E-state index contributed by atoms with van der Waals surface area (Å²) < 4.78 is 31.2. The number of hydrogen-bond donors (Lipinski definition) is 1. The van der Waals surface area contributed by atoms with Crippen molar-refractivity contribution in [1.29, 1.82) is 0 Å². The van der Waals surface area contributed by atoms with E-state index in [9.17, 15) is 8.42 Å². The average molecular weight is 221 g/mol. The summed E-state index contributed by atoms with van der Waals surface area (Å²) in [6.07, 6.45) is 2.04. The van der Waals surface area contributed by atoms with Crippen LogP contribution in [-0.4, -0.2) is 32.9 Å². The molecule has 14 heavy (non-hydrogen) atoms. The average Bonchev–Trinajstić information content (AvgIpc) is 2.18. The van der Waals surface area contributed by atoms with Gasteiger partial charge in [0.25, 0.3) is 0 Å². The van der Waals surface area contributed by atoms with E-state index in [1.807, 2.05) is 13.8 Å². The first-order chi connectivity index (χ1) is 6.43. The lowest BCUT2D eigenvalue weighted by Crippen LogP contribution is -2.44. The van der Waals surface area contributed by atoms with E-state index in [0.717, 1.165) is 6.42 Å². The van der Waals surface area contributed by atoms with E-state index in [0.29, 0.717) is 19.4 Å². The molecule has 1 fully saturated rings. The Labute approximate surface area is 86.1 Å². The van der Waals surface area contributed by atoms with Crippen LogP contribution < -0.4 is 4.72 Å². The van der Waals surface area contributed by atoms with Crippen molar-refractivity contribution in [1.82, 2.24) is 4.72 Å². The van der Waals surface area contributed by atoms with Crippen molar-refractivity contribution in [2.75, 3.05) is 13.7 Å². The topological polar surface area (TPSA) is 55.4 Å². The van der Waals surface area contributed by atoms with Gasteiger partial charge in [-0.15, -0.1) is 0 Å². The van der Waals surface area contributed by atoms with Gasteiger partial charge in [0.05, 0.1) is 10.9 Å². The fraction of sp³-hybridized carbons (Fsp3) is 1.00. The molecule has 1 aliphatic rings. The van der Waals surface area contributed by atoms with Crippen LogP contribution in [0.2, 0.25) is 0 Å². The molecular formula is C9H19NO3S. The molecule has 0 radical (unpaired) electrons. The lowest BCUT2D eigenvalue weighted by atomic mass is 9.93. The van der Waals surface area contributed by atoms with Gasteiger partial charge in [-0.2, -0.15) is 0 Å². The standard InChI is InChI=1S/C9H19NO3S/c1-4-9(2)7-8(5-6-13-9)14(11,12)10-3/h8,10H,4-7H2,1-3H3. The first kappa shape index (κ1) is 11.9. The SMILES string of the molecule is CCC1(C)CC(S(=O)(=O)NC)CCO1. The summed E-state index contributed by atoms with van der Waals surface area (Å²) in [7, 11) is -1.67. The minimum absolute atomic E-state index is 0.271. The van der Waals surface area contributed by atoms with Crippen molar-refractivity contribution < 1.29 is 13.2 Å². The molecule has 4 nitrogen and oxygen atoms in total. The molecule has 0 saturated carbocycles. The number of sulfonamides is 1. The van der Waals surface area contributed by atoms with Crippen molar-refractivity contribution in [2.45, 2.75) is 44.0 Å². The van der Waals surface area contributed by atoms with Crippen molar-refractivity contribution >= 4 is 10.0 Å². The van der Waals surface area contributed by atoms with Gasteiger partial charge in [-0.1, -0.05) is 6.92 Å². The summed E-state index contributed by atoms with van der Waals surface area (Å²) in [4.78, 5) is 0. The molecule has 0 bridgehead atoms. The summed E-state index contributed by atoms with van der Waals surface area (Å²) in [6.45, 7) is 4.54. The Morgan fingerprint density at radius 1 is 1.57 bits per heavy atom. The van der Waals surface area contributed by atoms with E-state index in [-0.39, 0.29) is 10.9 Å². The van der Waals surface area contributed by atoms with Crippen LogP contribution in [-0.2, 0) is 14.8 Å². The van der Waals surface area contributed by atoms with Gasteiger partial charge in [0.15, 0.2) is 0 Å². The van der Waals surface area contributed by atoms with E-state index in [1.54, 1.807) is 0 Å². The number of ether oxygens (including phenoxy) is 1. The van der Waals surface area contributed by atoms with Crippen LogP contribution >= 0.6 is 0 Å². The largest absolute Gasteiger partial charge is 0.375 e. The zero-order valence-corrected chi connectivity index (χ0v) is 9.86. The quantitative estimate of drug-likeness (QED) is 0.770. The molecule has 2 unspecified atom stereocenters. The highest BCUT2D eigenvalue weighted by atomic mass is 32.2. The summed E-state index contributed by atoms with van der Waals surface area (Å²) in [5.74, 6) is 0. The Balaban J connectivity index is 2.75. The highest BCUT2D eigenvalue weighted by molar-refractivity contribution is 7.90.